The Morgan fingerprint density at radius 3 is 1.73 bits per heavy atom. The van der Waals surface area contributed by atoms with Crippen molar-refractivity contribution in [1.82, 2.24) is 10.0 Å². The molecule has 0 aliphatic carbocycles. The summed E-state index contributed by atoms with van der Waals surface area (Å²) in [6.45, 7) is 4.74. The van der Waals surface area contributed by atoms with Gasteiger partial charge in [-0.3, -0.25) is 14.8 Å². The predicted octanol–water partition coefficient (Wildman–Crippen LogP) is 10.9. The van der Waals surface area contributed by atoms with Gasteiger partial charge in [-0.1, -0.05) is 156 Å². The van der Waals surface area contributed by atoms with Crippen molar-refractivity contribution in [3.05, 3.63) is 154 Å². The zero-order valence-electron chi connectivity index (χ0n) is 39.7. The molecule has 0 saturated heterocycles. The molecule has 5 aromatic rings. The van der Waals surface area contributed by atoms with Crippen molar-refractivity contribution < 1.29 is 19.5 Å². The third-order valence-corrected chi connectivity index (χ3v) is 12.8. The third kappa shape index (κ3) is 16.0. The highest BCUT2D eigenvalue weighted by Crippen LogP contribution is 2.35. The van der Waals surface area contributed by atoms with E-state index in [-0.39, 0.29) is 12.3 Å². The summed E-state index contributed by atoms with van der Waals surface area (Å²) in [4.78, 5) is 27.5. The summed E-state index contributed by atoms with van der Waals surface area (Å²) in [6, 6.07) is 36.6. The Labute approximate surface area is 395 Å². The molecule has 1 aromatic heterocycles. The fourth-order valence-corrected chi connectivity index (χ4v) is 9.10. The molecule has 5 rings (SSSR count). The van der Waals surface area contributed by atoms with Gasteiger partial charge in [0.05, 0.1) is 12.1 Å². The van der Waals surface area contributed by atoms with E-state index in [0.717, 1.165) is 128 Å². The summed E-state index contributed by atoms with van der Waals surface area (Å²) < 4.78 is 8.84. The van der Waals surface area contributed by atoms with E-state index in [1.807, 2.05) is 60.7 Å². The number of aromatic nitrogens is 1. The van der Waals surface area contributed by atoms with Crippen molar-refractivity contribution in [2.24, 2.45) is 17.2 Å². The zero-order chi connectivity index (χ0) is 46.8. The van der Waals surface area contributed by atoms with Crippen LogP contribution in [0.15, 0.2) is 109 Å². The molecule has 10 nitrogen and oxygen atoms in total. The molecule has 0 radical (unpaired) electrons. The first kappa shape index (κ1) is 51.7. The average molecular weight is 899 g/mol. The monoisotopic (exact) mass is 899 g/mol. The van der Waals surface area contributed by atoms with Crippen molar-refractivity contribution in [1.29, 1.82) is 0 Å². The molecular weight excluding hydrogens is 821 g/mol. The number of hydrogen-bond acceptors (Lipinski definition) is 7. The Balaban J connectivity index is 1.55. The maximum Gasteiger partial charge on any atom is 0.272 e. The van der Waals surface area contributed by atoms with Crippen LogP contribution in [0.5, 0.6) is 5.75 Å². The van der Waals surface area contributed by atoms with E-state index >= 15 is 0 Å². The van der Waals surface area contributed by atoms with Crippen molar-refractivity contribution in [2.45, 2.75) is 147 Å². The Bertz CT molecular complexity index is 2080. The molecule has 66 heavy (non-hydrogen) atoms. The first-order chi connectivity index (χ1) is 32.3. The van der Waals surface area contributed by atoms with Gasteiger partial charge in [-0.15, -0.1) is 0 Å². The van der Waals surface area contributed by atoms with Crippen molar-refractivity contribution in [3.63, 3.8) is 0 Å². The molecule has 4 aromatic carbocycles. The van der Waals surface area contributed by atoms with Gasteiger partial charge in [-0.2, -0.15) is 0 Å². The van der Waals surface area contributed by atoms with Crippen molar-refractivity contribution in [2.75, 3.05) is 25.0 Å². The van der Waals surface area contributed by atoms with Gasteiger partial charge in [0.15, 0.2) is 0 Å². The minimum atomic E-state index is -0.840. The number of nitrogens with zero attached hydrogens (tertiary/aromatic N) is 1. The number of ether oxygens (including phenoxy) is 1. The maximum atomic E-state index is 15.0. The van der Waals surface area contributed by atoms with E-state index in [4.69, 9.17) is 21.9 Å². The number of hydrogen-bond donors (Lipinski definition) is 6. The summed E-state index contributed by atoms with van der Waals surface area (Å²) in [6.07, 6.45) is 18.6. The number of rotatable bonds is 32. The third-order valence-electron chi connectivity index (χ3n) is 12.8. The lowest BCUT2D eigenvalue weighted by atomic mass is 9.79. The molecule has 0 aliphatic rings. The molecule has 2 amide bonds. The van der Waals surface area contributed by atoms with Crippen LogP contribution >= 0.6 is 0 Å². The maximum absolute atomic E-state index is 15.0. The predicted molar refractivity (Wildman–Crippen MR) is 270 cm³/mol. The molecule has 9 N–H and O–H groups in total. The minimum absolute atomic E-state index is 0.0501. The topological polar surface area (TPSA) is 171 Å². The first-order valence-corrected chi connectivity index (χ1v) is 24.9. The number of carbonyl (C=O) groups is 2. The van der Waals surface area contributed by atoms with Crippen LogP contribution in [0, 0.1) is 0 Å². The quantitative estimate of drug-likeness (QED) is 0.0142. The Morgan fingerprint density at radius 1 is 0.636 bits per heavy atom. The molecule has 0 unspecified atom stereocenters. The summed E-state index contributed by atoms with van der Waals surface area (Å²) in [5, 5.41) is 12.9. The first-order valence-electron chi connectivity index (χ1n) is 24.9. The normalized spacial score (nSPS) is 11.5. The molecule has 0 atom stereocenters. The highest BCUT2D eigenvalue weighted by atomic mass is 16.5. The smallest absolute Gasteiger partial charge is 0.272 e. The van der Waals surface area contributed by atoms with Crippen LogP contribution in [0.2, 0.25) is 0 Å². The van der Waals surface area contributed by atoms with Gasteiger partial charge in [-0.05, 0) is 129 Å². The minimum Gasteiger partial charge on any atom is -0.493 e. The zero-order valence-corrected chi connectivity index (χ0v) is 39.7. The van der Waals surface area contributed by atoms with Crippen LogP contribution in [0.25, 0.3) is 0 Å². The van der Waals surface area contributed by atoms with Gasteiger partial charge in [-0.25, -0.2) is 5.48 Å². The number of hydroxylamine groups is 1. The van der Waals surface area contributed by atoms with E-state index in [2.05, 4.69) is 65.3 Å². The Morgan fingerprint density at radius 2 is 1.17 bits per heavy atom. The van der Waals surface area contributed by atoms with Crippen molar-refractivity contribution in [3.8, 4) is 5.75 Å². The summed E-state index contributed by atoms with van der Waals surface area (Å²) >= 11 is 0. The Hall–Kier alpha value is -5.26. The van der Waals surface area contributed by atoms with Crippen LogP contribution in [0.4, 0.5) is 5.69 Å². The van der Waals surface area contributed by atoms with E-state index < -0.39 is 11.4 Å². The number of nitrogens with one attached hydrogen (secondary N) is 2. The summed E-state index contributed by atoms with van der Waals surface area (Å²) in [7, 11) is 0. The van der Waals surface area contributed by atoms with Crippen LogP contribution < -0.4 is 32.7 Å². The second kappa shape index (κ2) is 28.7. The number of carbonyl (C=O) groups excluding carboxylic acids is 2. The number of nitrogens with two attached hydrogens (primary N) is 3. The van der Waals surface area contributed by atoms with Gasteiger partial charge >= 0.3 is 0 Å². The van der Waals surface area contributed by atoms with Crippen LogP contribution in [-0.2, 0) is 42.6 Å². The van der Waals surface area contributed by atoms with Gasteiger partial charge in [0.1, 0.15) is 11.4 Å². The second-order valence-corrected chi connectivity index (χ2v) is 17.9. The largest absolute Gasteiger partial charge is 0.493 e. The lowest BCUT2D eigenvalue weighted by Gasteiger charge is -2.31. The molecule has 0 spiro atoms. The standard InChI is InChI=1S/C56H78N6O4/c1-2-3-4-5-10-24-39-66-54-46(27-16-6-8-22-37-57)40-50(41-47(54)28-17-7-9-23-38-58)60-55(64)52-42-45(33-34-53(63)61-65)51(62(52)43-44-25-14-11-15-26-44)35-36-56(59,48-29-18-12-19-30-48)49-31-20-13-21-32-49/h11-15,18-21,25-26,29-32,40-42,65H,2-10,16-17,22-24,27-28,33-39,43,57-59H2,1H3,(H,60,64)(H,61,63). The Kier molecular flexibility index (Phi) is 22.5. The molecule has 0 saturated carbocycles. The van der Waals surface area contributed by atoms with Crippen LogP contribution in [0.1, 0.15) is 159 Å². The van der Waals surface area contributed by atoms with E-state index in [0.29, 0.717) is 51.2 Å². The number of unbranched alkanes of at least 4 members (excludes halogenated alkanes) is 11. The number of anilines is 1. The van der Waals surface area contributed by atoms with Crippen LogP contribution in [-0.4, -0.2) is 41.3 Å². The lowest BCUT2D eigenvalue weighted by Crippen LogP contribution is -2.38. The van der Waals surface area contributed by atoms with Gasteiger partial charge in [0, 0.05) is 24.3 Å². The second-order valence-electron chi connectivity index (χ2n) is 17.9. The average Bonchev–Trinajstić information content (AvgIpc) is 3.69. The van der Waals surface area contributed by atoms with Crippen molar-refractivity contribution >= 4 is 17.5 Å². The molecule has 356 valence electrons. The van der Waals surface area contributed by atoms with E-state index in [1.165, 1.54) is 25.7 Å². The highest BCUT2D eigenvalue weighted by Gasteiger charge is 2.31. The number of amides is 2. The number of benzene rings is 4. The van der Waals surface area contributed by atoms with E-state index in [1.54, 1.807) is 5.48 Å². The molecule has 0 bridgehead atoms. The molecule has 10 heteroatoms. The SMILES string of the molecule is CCCCCCCCOc1c(CCCCCCN)cc(NC(=O)c2cc(CCC(=O)NO)c(CCC(N)(c3ccccc3)c3ccccc3)n2Cc2ccccc2)cc1CCCCCCN. The molecule has 0 fully saturated rings. The lowest BCUT2D eigenvalue weighted by molar-refractivity contribution is -0.129. The van der Waals surface area contributed by atoms with Gasteiger partial charge in [0.25, 0.3) is 5.91 Å². The fraction of sp³-hybridized carbons (Fsp3) is 0.464. The van der Waals surface area contributed by atoms with Gasteiger partial charge in [0.2, 0.25) is 5.91 Å². The molecule has 1 heterocycles. The highest BCUT2D eigenvalue weighted by molar-refractivity contribution is 6.03. The fourth-order valence-electron chi connectivity index (χ4n) is 9.10. The molecule has 0 aliphatic heterocycles. The van der Waals surface area contributed by atoms with Gasteiger partial charge < -0.3 is 31.8 Å². The summed E-state index contributed by atoms with van der Waals surface area (Å²) in [5.74, 6) is 0.244. The summed E-state index contributed by atoms with van der Waals surface area (Å²) in [5.41, 5.74) is 28.4. The number of aryl methyl sites for hydroxylation is 3. The molecular formula is C56H78N6O4. The van der Waals surface area contributed by atoms with Crippen LogP contribution in [0.3, 0.4) is 0 Å². The van der Waals surface area contributed by atoms with E-state index in [9.17, 15) is 14.8 Å².